The van der Waals surface area contributed by atoms with Crippen molar-refractivity contribution in [3.05, 3.63) is 53.0 Å². The van der Waals surface area contributed by atoms with Gasteiger partial charge in [0.2, 0.25) is 6.10 Å². The van der Waals surface area contributed by atoms with Crippen LogP contribution >= 0.6 is 15.9 Å². The minimum Gasteiger partial charge on any atom is -0.485 e. The van der Waals surface area contributed by atoms with E-state index >= 15 is 0 Å². The molecule has 3 rings (SSSR count). The first-order chi connectivity index (χ1) is 9.74. The third-order valence-corrected chi connectivity index (χ3v) is 3.47. The normalized spacial score (nSPS) is 16.6. The molecule has 1 heterocycles. The fourth-order valence-corrected chi connectivity index (χ4v) is 2.20. The van der Waals surface area contributed by atoms with Gasteiger partial charge in [-0.1, -0.05) is 24.3 Å². The lowest BCUT2D eigenvalue weighted by atomic mass is 10.2. The molecule has 0 bridgehead atoms. The fourth-order valence-electron chi connectivity index (χ4n) is 1.84. The van der Waals surface area contributed by atoms with Gasteiger partial charge in [-0.05, 0) is 40.2 Å². The first-order valence-electron chi connectivity index (χ1n) is 6.09. The summed E-state index contributed by atoms with van der Waals surface area (Å²) in [7, 11) is 0. The summed E-state index contributed by atoms with van der Waals surface area (Å²) >= 11 is 3.33. The van der Waals surface area contributed by atoms with Gasteiger partial charge in [0.05, 0.1) is 4.47 Å². The first-order valence-corrected chi connectivity index (χ1v) is 6.88. The summed E-state index contributed by atoms with van der Waals surface area (Å²) in [5.41, 5.74) is 0. The number of para-hydroxylation sites is 3. The van der Waals surface area contributed by atoms with Gasteiger partial charge in [-0.3, -0.25) is 0 Å². The van der Waals surface area contributed by atoms with Crippen LogP contribution in [0.1, 0.15) is 0 Å². The molecule has 0 spiro atoms. The Morgan fingerprint density at radius 1 is 1.10 bits per heavy atom. The van der Waals surface area contributed by atoms with Crippen molar-refractivity contribution in [2.45, 2.75) is 6.10 Å². The molecule has 1 atom stereocenters. The highest BCUT2D eigenvalue weighted by Gasteiger charge is 2.29. The highest BCUT2D eigenvalue weighted by molar-refractivity contribution is 9.10. The van der Waals surface area contributed by atoms with Crippen molar-refractivity contribution in [2.75, 3.05) is 6.61 Å². The summed E-state index contributed by atoms with van der Waals surface area (Å²) < 4.78 is 17.1. The number of benzene rings is 2. The molecule has 0 saturated carbocycles. The Balaban J connectivity index is 1.72. The topological polar surface area (TPSA) is 44.8 Å². The van der Waals surface area contributed by atoms with Crippen LogP contribution in [0, 0.1) is 0 Å². The Hall–Kier alpha value is -2.01. The number of rotatable bonds is 2. The van der Waals surface area contributed by atoms with Crippen LogP contribution in [0.15, 0.2) is 53.0 Å². The van der Waals surface area contributed by atoms with Gasteiger partial charge in [0.1, 0.15) is 12.4 Å². The van der Waals surface area contributed by atoms with E-state index in [1.165, 1.54) is 0 Å². The molecule has 0 fully saturated rings. The quantitative estimate of drug-likeness (QED) is 0.625. The van der Waals surface area contributed by atoms with Crippen molar-refractivity contribution in [1.82, 2.24) is 0 Å². The van der Waals surface area contributed by atoms with Crippen molar-refractivity contribution in [3.63, 3.8) is 0 Å². The van der Waals surface area contributed by atoms with Crippen LogP contribution < -0.4 is 14.2 Å². The monoisotopic (exact) mass is 334 g/mol. The van der Waals surface area contributed by atoms with E-state index in [2.05, 4.69) is 15.9 Å². The average molecular weight is 335 g/mol. The third-order valence-electron chi connectivity index (χ3n) is 2.82. The average Bonchev–Trinajstić information content (AvgIpc) is 2.49. The Bertz CT molecular complexity index is 641. The minimum atomic E-state index is -0.767. The van der Waals surface area contributed by atoms with E-state index in [1.54, 1.807) is 30.3 Å². The Labute approximate surface area is 124 Å². The van der Waals surface area contributed by atoms with Crippen LogP contribution in [0.5, 0.6) is 17.2 Å². The van der Waals surface area contributed by atoms with E-state index in [4.69, 9.17) is 14.2 Å². The van der Waals surface area contributed by atoms with Crippen LogP contribution in [0.2, 0.25) is 0 Å². The summed E-state index contributed by atoms with van der Waals surface area (Å²) in [6, 6.07) is 14.4. The van der Waals surface area contributed by atoms with Crippen LogP contribution in [-0.2, 0) is 4.79 Å². The maximum absolute atomic E-state index is 12.1. The highest BCUT2D eigenvalue weighted by Crippen LogP contribution is 2.31. The minimum absolute atomic E-state index is 0.139. The largest absolute Gasteiger partial charge is 0.485 e. The SMILES string of the molecule is O=C(Oc1ccccc1Br)[C@@H]1COc2ccccc2O1. The highest BCUT2D eigenvalue weighted by atomic mass is 79.9. The fraction of sp³-hybridized carbons (Fsp3) is 0.133. The van der Waals surface area contributed by atoms with Crippen LogP contribution in [0.25, 0.3) is 0 Å². The predicted molar refractivity (Wildman–Crippen MR) is 76.1 cm³/mol. The van der Waals surface area contributed by atoms with E-state index < -0.39 is 12.1 Å². The zero-order chi connectivity index (χ0) is 13.9. The molecule has 4 nitrogen and oxygen atoms in total. The molecule has 20 heavy (non-hydrogen) atoms. The molecule has 2 aromatic rings. The zero-order valence-corrected chi connectivity index (χ0v) is 12.0. The molecular formula is C15H11BrO4. The van der Waals surface area contributed by atoms with Crippen molar-refractivity contribution < 1.29 is 19.0 Å². The standard InChI is InChI=1S/C15H11BrO4/c16-10-5-1-2-6-11(10)20-15(17)14-9-18-12-7-3-4-8-13(12)19-14/h1-8,14H,9H2/t14-/m0/s1. The molecule has 0 unspecified atom stereocenters. The maximum Gasteiger partial charge on any atom is 0.356 e. The van der Waals surface area contributed by atoms with Crippen molar-refractivity contribution >= 4 is 21.9 Å². The molecule has 102 valence electrons. The molecule has 0 saturated heterocycles. The summed E-state index contributed by atoms with van der Waals surface area (Å²) in [6.45, 7) is 0.139. The second kappa shape index (κ2) is 5.54. The van der Waals surface area contributed by atoms with E-state index in [0.29, 0.717) is 21.7 Å². The number of carbonyl (C=O) groups excluding carboxylic acids is 1. The molecule has 0 radical (unpaired) electrons. The molecule has 1 aliphatic rings. The van der Waals surface area contributed by atoms with E-state index in [0.717, 1.165) is 0 Å². The molecule has 0 N–H and O–H groups in total. The van der Waals surface area contributed by atoms with Crippen LogP contribution in [0.3, 0.4) is 0 Å². The summed E-state index contributed by atoms with van der Waals surface area (Å²) in [5.74, 6) is 1.16. The van der Waals surface area contributed by atoms with Gasteiger partial charge >= 0.3 is 5.97 Å². The molecular weight excluding hydrogens is 324 g/mol. The lowest BCUT2D eigenvalue weighted by Gasteiger charge is -2.24. The van der Waals surface area contributed by atoms with Gasteiger partial charge in [0.25, 0.3) is 0 Å². The number of hydrogen-bond acceptors (Lipinski definition) is 4. The summed E-state index contributed by atoms with van der Waals surface area (Å²) in [6.07, 6.45) is -0.767. The molecule has 0 amide bonds. The van der Waals surface area contributed by atoms with Crippen LogP contribution in [0.4, 0.5) is 0 Å². The van der Waals surface area contributed by atoms with E-state index in [9.17, 15) is 4.79 Å². The Morgan fingerprint density at radius 3 is 2.60 bits per heavy atom. The number of esters is 1. The van der Waals surface area contributed by atoms with Gasteiger partial charge in [0.15, 0.2) is 11.5 Å². The predicted octanol–water partition coefficient (Wildman–Crippen LogP) is 3.19. The van der Waals surface area contributed by atoms with Crippen LogP contribution in [-0.4, -0.2) is 18.7 Å². The number of halogens is 1. The van der Waals surface area contributed by atoms with E-state index in [-0.39, 0.29) is 6.61 Å². The Morgan fingerprint density at radius 2 is 1.80 bits per heavy atom. The first kappa shape index (κ1) is 13.0. The van der Waals surface area contributed by atoms with E-state index in [1.807, 2.05) is 18.2 Å². The second-order valence-corrected chi connectivity index (χ2v) is 5.07. The molecule has 5 heteroatoms. The summed E-state index contributed by atoms with van der Waals surface area (Å²) in [4.78, 5) is 12.1. The summed E-state index contributed by atoms with van der Waals surface area (Å²) in [5, 5.41) is 0. The molecule has 0 aromatic heterocycles. The van der Waals surface area contributed by atoms with Gasteiger partial charge in [0, 0.05) is 0 Å². The second-order valence-electron chi connectivity index (χ2n) is 4.22. The van der Waals surface area contributed by atoms with Crippen molar-refractivity contribution in [1.29, 1.82) is 0 Å². The lowest BCUT2D eigenvalue weighted by Crippen LogP contribution is -2.39. The van der Waals surface area contributed by atoms with Crippen molar-refractivity contribution in [2.24, 2.45) is 0 Å². The van der Waals surface area contributed by atoms with Gasteiger partial charge in [-0.25, -0.2) is 4.79 Å². The third kappa shape index (κ3) is 2.63. The Kier molecular flexibility index (Phi) is 3.60. The lowest BCUT2D eigenvalue weighted by molar-refractivity contribution is -0.144. The molecule has 2 aromatic carbocycles. The van der Waals surface area contributed by atoms with Gasteiger partial charge in [-0.2, -0.15) is 0 Å². The number of carbonyl (C=O) groups is 1. The maximum atomic E-state index is 12.1. The molecule has 1 aliphatic heterocycles. The number of fused-ring (bicyclic) bond motifs is 1. The zero-order valence-electron chi connectivity index (χ0n) is 10.4. The number of ether oxygens (including phenoxy) is 3. The van der Waals surface area contributed by atoms with Gasteiger partial charge in [-0.15, -0.1) is 0 Å². The smallest absolute Gasteiger partial charge is 0.356 e. The van der Waals surface area contributed by atoms with Gasteiger partial charge < -0.3 is 14.2 Å². The van der Waals surface area contributed by atoms with Crippen molar-refractivity contribution in [3.8, 4) is 17.2 Å². The number of hydrogen-bond donors (Lipinski definition) is 0. The molecule has 0 aliphatic carbocycles.